The summed E-state index contributed by atoms with van der Waals surface area (Å²) in [6, 6.07) is 0. The van der Waals surface area contributed by atoms with Crippen molar-refractivity contribution in [1.29, 1.82) is 0 Å². The van der Waals surface area contributed by atoms with Crippen molar-refractivity contribution in [2.45, 2.75) is 72.6 Å². The van der Waals surface area contributed by atoms with Crippen molar-refractivity contribution in [3.05, 3.63) is 34.9 Å². The molecule has 1 saturated heterocycles. The Morgan fingerprint density at radius 1 is 0.762 bits per heavy atom. The van der Waals surface area contributed by atoms with Crippen LogP contribution >= 0.6 is 0 Å². The Morgan fingerprint density at radius 2 is 1.33 bits per heavy atom. The normalized spacial score (nSPS) is 17.9. The van der Waals surface area contributed by atoms with Crippen LogP contribution in [0.2, 0.25) is 0 Å². The third-order valence-corrected chi connectivity index (χ3v) is 4.27. The SMILES string of the molecule is CC(C)=CCC/C(C)=C/CC/C(C)=C/CN1CCCCC1. The molecule has 0 unspecified atom stereocenters. The highest BCUT2D eigenvalue weighted by molar-refractivity contribution is 5.06. The van der Waals surface area contributed by atoms with Crippen molar-refractivity contribution in [1.82, 2.24) is 4.90 Å². The summed E-state index contributed by atoms with van der Waals surface area (Å²) in [5.41, 5.74) is 4.52. The first-order valence-electron chi connectivity index (χ1n) is 8.75. The molecule has 0 saturated carbocycles. The number of nitrogens with zero attached hydrogens (tertiary/aromatic N) is 1. The molecule has 0 amide bonds. The number of hydrogen-bond acceptors (Lipinski definition) is 1. The van der Waals surface area contributed by atoms with Gasteiger partial charge in [0.2, 0.25) is 0 Å². The van der Waals surface area contributed by atoms with Gasteiger partial charge < -0.3 is 0 Å². The second-order valence-electron chi connectivity index (χ2n) is 6.82. The predicted molar refractivity (Wildman–Crippen MR) is 95.7 cm³/mol. The number of allylic oxidation sites excluding steroid dienone is 5. The minimum atomic E-state index is 1.16. The maximum absolute atomic E-state index is 2.59. The van der Waals surface area contributed by atoms with Gasteiger partial charge in [-0.15, -0.1) is 0 Å². The molecule has 120 valence electrons. The molecule has 0 bridgehead atoms. The molecule has 0 atom stereocenters. The molecule has 21 heavy (non-hydrogen) atoms. The Bertz CT molecular complexity index is 363. The highest BCUT2D eigenvalue weighted by Crippen LogP contribution is 2.13. The van der Waals surface area contributed by atoms with Crippen LogP contribution < -0.4 is 0 Å². The van der Waals surface area contributed by atoms with E-state index in [-0.39, 0.29) is 0 Å². The van der Waals surface area contributed by atoms with Crippen molar-refractivity contribution < 1.29 is 0 Å². The van der Waals surface area contributed by atoms with Crippen molar-refractivity contribution in [3.8, 4) is 0 Å². The van der Waals surface area contributed by atoms with Gasteiger partial charge in [0.1, 0.15) is 0 Å². The highest BCUT2D eigenvalue weighted by atomic mass is 15.1. The number of likely N-dealkylation sites (tertiary alicyclic amines) is 1. The topological polar surface area (TPSA) is 3.24 Å². The predicted octanol–water partition coefficient (Wildman–Crippen LogP) is 5.89. The molecule has 1 nitrogen and oxygen atoms in total. The second kappa shape index (κ2) is 10.8. The minimum Gasteiger partial charge on any atom is -0.300 e. The summed E-state index contributed by atoms with van der Waals surface area (Å²) in [4.78, 5) is 2.59. The largest absolute Gasteiger partial charge is 0.300 e. The molecule has 0 aromatic heterocycles. The third-order valence-electron chi connectivity index (χ3n) is 4.27. The van der Waals surface area contributed by atoms with Crippen LogP contribution in [0.3, 0.4) is 0 Å². The molecule has 0 N–H and O–H groups in total. The van der Waals surface area contributed by atoms with E-state index in [4.69, 9.17) is 0 Å². The van der Waals surface area contributed by atoms with Crippen molar-refractivity contribution >= 4 is 0 Å². The van der Waals surface area contributed by atoms with Gasteiger partial charge in [-0.3, -0.25) is 4.90 Å². The molecule has 0 radical (unpaired) electrons. The summed E-state index contributed by atoms with van der Waals surface area (Å²) >= 11 is 0. The van der Waals surface area contributed by atoms with Gasteiger partial charge in [0, 0.05) is 6.54 Å². The maximum Gasteiger partial charge on any atom is 0.0165 e. The van der Waals surface area contributed by atoms with E-state index in [9.17, 15) is 0 Å². The molecule has 0 aromatic rings. The summed E-state index contributed by atoms with van der Waals surface area (Å²) in [6.45, 7) is 12.7. The first-order chi connectivity index (χ1) is 10.1. The molecule has 0 aromatic carbocycles. The Kier molecular flexibility index (Phi) is 9.41. The number of rotatable bonds is 8. The minimum absolute atomic E-state index is 1.16. The van der Waals surface area contributed by atoms with E-state index in [1.165, 1.54) is 69.2 Å². The van der Waals surface area contributed by atoms with E-state index in [1.807, 2.05) is 0 Å². The maximum atomic E-state index is 2.59. The van der Waals surface area contributed by atoms with Gasteiger partial charge in [-0.1, -0.05) is 41.4 Å². The second-order valence-corrected chi connectivity index (χ2v) is 6.82. The van der Waals surface area contributed by atoms with Crippen LogP contribution in [-0.4, -0.2) is 24.5 Å². The lowest BCUT2D eigenvalue weighted by Crippen LogP contribution is -2.29. The zero-order chi connectivity index (χ0) is 15.5. The van der Waals surface area contributed by atoms with E-state index in [0.29, 0.717) is 0 Å². The Balaban J connectivity index is 2.18. The molecule has 0 spiro atoms. The number of piperidine rings is 1. The van der Waals surface area contributed by atoms with Crippen molar-refractivity contribution in [2.24, 2.45) is 0 Å². The molecular formula is C20H35N. The zero-order valence-electron chi connectivity index (χ0n) is 14.8. The van der Waals surface area contributed by atoms with Gasteiger partial charge in [0.25, 0.3) is 0 Å². The quantitative estimate of drug-likeness (QED) is 0.503. The molecule has 1 aliphatic rings. The fourth-order valence-electron chi connectivity index (χ4n) is 2.77. The monoisotopic (exact) mass is 289 g/mol. The average Bonchev–Trinajstić information content (AvgIpc) is 2.46. The summed E-state index contributed by atoms with van der Waals surface area (Å²) in [5.74, 6) is 0. The van der Waals surface area contributed by atoms with Crippen LogP contribution in [0.5, 0.6) is 0 Å². The molecule has 0 aliphatic carbocycles. The Labute approximate surface area is 132 Å². The fraction of sp³-hybridized carbons (Fsp3) is 0.700. The first kappa shape index (κ1) is 18.2. The van der Waals surface area contributed by atoms with E-state index in [0.717, 1.165) is 6.54 Å². The standard InChI is InChI=1S/C20H35N/c1-18(2)10-8-11-19(3)12-9-13-20(4)14-17-21-15-6-5-7-16-21/h10,12,14H,5-9,11,13,15-17H2,1-4H3/b19-12+,20-14+. The van der Waals surface area contributed by atoms with Gasteiger partial charge in [-0.2, -0.15) is 0 Å². The fourth-order valence-corrected chi connectivity index (χ4v) is 2.77. The lowest BCUT2D eigenvalue weighted by atomic mass is 10.1. The van der Waals surface area contributed by atoms with Crippen LogP contribution in [0.15, 0.2) is 34.9 Å². The Hall–Kier alpha value is -0.820. The lowest BCUT2D eigenvalue weighted by molar-refractivity contribution is 0.251. The summed E-state index contributed by atoms with van der Waals surface area (Å²) in [7, 11) is 0. The van der Waals surface area contributed by atoms with Crippen LogP contribution in [0, 0.1) is 0 Å². The van der Waals surface area contributed by atoms with Gasteiger partial charge in [0.05, 0.1) is 0 Å². The molecule has 1 heteroatoms. The highest BCUT2D eigenvalue weighted by Gasteiger charge is 2.07. The molecule has 1 rings (SSSR count). The summed E-state index contributed by atoms with van der Waals surface area (Å²) in [5, 5.41) is 0. The van der Waals surface area contributed by atoms with E-state index >= 15 is 0 Å². The van der Waals surface area contributed by atoms with Crippen LogP contribution in [0.1, 0.15) is 72.6 Å². The van der Waals surface area contributed by atoms with Crippen molar-refractivity contribution in [2.75, 3.05) is 19.6 Å². The van der Waals surface area contributed by atoms with E-state index in [2.05, 4.69) is 50.8 Å². The van der Waals surface area contributed by atoms with Gasteiger partial charge in [-0.05, 0) is 79.3 Å². The van der Waals surface area contributed by atoms with Gasteiger partial charge >= 0.3 is 0 Å². The van der Waals surface area contributed by atoms with Crippen LogP contribution in [0.25, 0.3) is 0 Å². The van der Waals surface area contributed by atoms with Gasteiger partial charge in [-0.25, -0.2) is 0 Å². The zero-order valence-corrected chi connectivity index (χ0v) is 14.8. The van der Waals surface area contributed by atoms with Crippen LogP contribution in [-0.2, 0) is 0 Å². The summed E-state index contributed by atoms with van der Waals surface area (Å²) < 4.78 is 0. The first-order valence-corrected chi connectivity index (χ1v) is 8.75. The molecular weight excluding hydrogens is 254 g/mol. The van der Waals surface area contributed by atoms with E-state index in [1.54, 1.807) is 5.57 Å². The number of hydrogen-bond donors (Lipinski definition) is 0. The molecule has 1 aliphatic heterocycles. The van der Waals surface area contributed by atoms with Gasteiger partial charge in [0.15, 0.2) is 0 Å². The molecule has 1 heterocycles. The lowest BCUT2D eigenvalue weighted by Gasteiger charge is -2.25. The smallest absolute Gasteiger partial charge is 0.0165 e. The van der Waals surface area contributed by atoms with E-state index < -0.39 is 0 Å². The van der Waals surface area contributed by atoms with Crippen molar-refractivity contribution in [3.63, 3.8) is 0 Å². The Morgan fingerprint density at radius 3 is 1.95 bits per heavy atom. The average molecular weight is 290 g/mol. The molecule has 1 fully saturated rings. The van der Waals surface area contributed by atoms with Crippen LogP contribution in [0.4, 0.5) is 0 Å². The summed E-state index contributed by atoms with van der Waals surface area (Å²) in [6.07, 6.45) is 16.2. The third kappa shape index (κ3) is 9.68.